The van der Waals surface area contributed by atoms with Gasteiger partial charge in [0.05, 0.1) is 17.8 Å². The van der Waals surface area contributed by atoms with E-state index in [1.54, 1.807) is 6.92 Å². The smallest absolute Gasteiger partial charge is 0.691 e. The van der Waals surface area contributed by atoms with Crippen molar-refractivity contribution in [2.24, 2.45) is 0 Å². The zero-order valence-corrected chi connectivity index (χ0v) is 15.0. The molecule has 0 aromatic heterocycles. The number of halogens is 1. The first-order chi connectivity index (χ1) is 8.89. The molecule has 20 heavy (non-hydrogen) atoms. The standard InChI is InChI=1S/C9H11ClO7S2.Na/c1-6-4-8(15-19(13,14)3-2-10)7(11)5-9(6)18-17-16-12;/h4-5,11-12H,2-3H2,1H3;/q;+1/p-1. The van der Waals surface area contributed by atoms with E-state index in [0.29, 0.717) is 22.5 Å². The number of alkyl halides is 1. The summed E-state index contributed by atoms with van der Waals surface area (Å²) in [4.78, 5) is 0.371. The third-order valence-electron chi connectivity index (χ3n) is 1.95. The van der Waals surface area contributed by atoms with Crippen molar-refractivity contribution in [3.63, 3.8) is 0 Å². The van der Waals surface area contributed by atoms with Crippen molar-refractivity contribution in [2.45, 2.75) is 11.8 Å². The van der Waals surface area contributed by atoms with Crippen LogP contribution in [0.3, 0.4) is 0 Å². The van der Waals surface area contributed by atoms with Gasteiger partial charge in [0.1, 0.15) is 0 Å². The summed E-state index contributed by atoms with van der Waals surface area (Å²) in [6.07, 6.45) is 0. The fraction of sp³-hybridized carbons (Fsp3) is 0.333. The van der Waals surface area contributed by atoms with Crippen LogP contribution in [0.5, 0.6) is 11.5 Å². The summed E-state index contributed by atoms with van der Waals surface area (Å²) in [6.45, 7) is 1.61. The van der Waals surface area contributed by atoms with Crippen LogP contribution < -0.4 is 39.0 Å². The number of phenolic OH excluding ortho intramolecular Hbond substituents is 1. The van der Waals surface area contributed by atoms with E-state index in [0.717, 1.165) is 0 Å². The van der Waals surface area contributed by atoms with Crippen molar-refractivity contribution in [1.82, 2.24) is 0 Å². The molecule has 0 radical (unpaired) electrons. The van der Waals surface area contributed by atoms with Crippen LogP contribution in [0.2, 0.25) is 0 Å². The minimum Gasteiger partial charge on any atom is -0.691 e. The molecule has 1 rings (SSSR count). The summed E-state index contributed by atoms with van der Waals surface area (Å²) >= 11 is 5.90. The van der Waals surface area contributed by atoms with E-state index in [4.69, 9.17) is 15.8 Å². The molecule has 0 bridgehead atoms. The maximum Gasteiger partial charge on any atom is 1.00 e. The summed E-state index contributed by atoms with van der Waals surface area (Å²) < 4.78 is 31.6. The van der Waals surface area contributed by atoms with Gasteiger partial charge in [-0.25, -0.2) is 0 Å². The van der Waals surface area contributed by atoms with Crippen LogP contribution >= 0.6 is 23.6 Å². The van der Waals surface area contributed by atoms with Crippen LogP contribution in [-0.2, 0) is 19.5 Å². The van der Waals surface area contributed by atoms with Gasteiger partial charge in [-0.05, 0) is 18.6 Å². The third kappa shape index (κ3) is 6.37. The minimum absolute atomic E-state index is 0. The monoisotopic (exact) mass is 352 g/mol. The number of phenols is 1. The van der Waals surface area contributed by atoms with Crippen LogP contribution in [0.15, 0.2) is 17.0 Å². The normalized spacial score (nSPS) is 10.9. The predicted octanol–water partition coefficient (Wildman–Crippen LogP) is -2.12. The van der Waals surface area contributed by atoms with Gasteiger partial charge in [-0.2, -0.15) is 12.8 Å². The van der Waals surface area contributed by atoms with Crippen molar-refractivity contribution in [2.75, 3.05) is 11.6 Å². The maximum atomic E-state index is 11.4. The molecule has 7 nitrogen and oxygen atoms in total. The van der Waals surface area contributed by atoms with E-state index in [1.165, 1.54) is 12.1 Å². The second kappa shape index (κ2) is 9.34. The quantitative estimate of drug-likeness (QED) is 0.148. The van der Waals surface area contributed by atoms with Gasteiger partial charge in [0.25, 0.3) is 0 Å². The van der Waals surface area contributed by atoms with E-state index in [1.807, 2.05) is 0 Å². The molecule has 1 N–H and O–H groups in total. The van der Waals surface area contributed by atoms with Crippen molar-refractivity contribution >= 4 is 33.8 Å². The van der Waals surface area contributed by atoms with Crippen LogP contribution in [0.1, 0.15) is 5.56 Å². The van der Waals surface area contributed by atoms with E-state index >= 15 is 0 Å². The Labute approximate surface area is 147 Å². The molecular formula is C9H10ClNaO7S2. The first-order valence-corrected chi connectivity index (χ1v) is 7.70. The third-order valence-corrected chi connectivity index (χ3v) is 4.25. The van der Waals surface area contributed by atoms with Crippen molar-refractivity contribution in [3.05, 3.63) is 17.7 Å². The Hall–Kier alpha value is 0.290. The number of benzene rings is 1. The van der Waals surface area contributed by atoms with Crippen molar-refractivity contribution in [1.29, 1.82) is 0 Å². The van der Waals surface area contributed by atoms with Gasteiger partial charge in [0.15, 0.2) is 11.5 Å². The summed E-state index contributed by atoms with van der Waals surface area (Å²) in [5, 5.41) is 22.5. The van der Waals surface area contributed by atoms with E-state index in [2.05, 4.69) is 9.37 Å². The topological polar surface area (TPSA) is 105 Å². The molecular weight excluding hydrogens is 343 g/mol. The molecule has 0 heterocycles. The van der Waals surface area contributed by atoms with Gasteiger partial charge >= 0.3 is 39.7 Å². The minimum atomic E-state index is -3.86. The predicted molar refractivity (Wildman–Crippen MR) is 66.0 cm³/mol. The SMILES string of the molecule is Cc1cc(OS(=O)(=O)CCCl)c(O)cc1SOO[O-].[Na+]. The molecule has 0 aliphatic heterocycles. The Bertz CT molecular complexity index is 537. The van der Waals surface area contributed by atoms with E-state index in [9.17, 15) is 18.8 Å². The van der Waals surface area contributed by atoms with Gasteiger partial charge in [-0.1, -0.05) is 0 Å². The molecule has 0 saturated carbocycles. The van der Waals surface area contributed by atoms with E-state index < -0.39 is 15.9 Å². The average Bonchev–Trinajstić information content (AvgIpc) is 2.31. The van der Waals surface area contributed by atoms with Crippen molar-refractivity contribution in [3.8, 4) is 11.5 Å². The molecule has 0 atom stereocenters. The molecule has 0 amide bonds. The van der Waals surface area contributed by atoms with E-state index in [-0.39, 0.29) is 46.9 Å². The second-order valence-corrected chi connectivity index (χ2v) is 6.15. The second-order valence-electron chi connectivity index (χ2n) is 3.34. The zero-order chi connectivity index (χ0) is 14.5. The molecule has 0 unspecified atom stereocenters. The Morgan fingerprint density at radius 1 is 1.45 bits per heavy atom. The number of hydrogen-bond acceptors (Lipinski definition) is 8. The van der Waals surface area contributed by atoms with Crippen LogP contribution in [0, 0.1) is 6.92 Å². The van der Waals surface area contributed by atoms with Crippen LogP contribution in [0.25, 0.3) is 0 Å². The first kappa shape index (κ1) is 20.3. The van der Waals surface area contributed by atoms with Crippen molar-refractivity contribution < 1.29 is 61.9 Å². The first-order valence-electron chi connectivity index (χ1n) is 4.84. The largest absolute Gasteiger partial charge is 1.00 e. The number of rotatable bonds is 7. The molecule has 0 aliphatic carbocycles. The number of aryl methyl sites for hydroxylation is 1. The Morgan fingerprint density at radius 3 is 2.65 bits per heavy atom. The molecule has 0 fully saturated rings. The summed E-state index contributed by atoms with van der Waals surface area (Å²) in [6, 6.07) is 2.47. The molecule has 0 saturated heterocycles. The maximum absolute atomic E-state index is 11.4. The summed E-state index contributed by atoms with van der Waals surface area (Å²) in [5.41, 5.74) is 0.524. The summed E-state index contributed by atoms with van der Waals surface area (Å²) in [7, 11) is -3.86. The Kier molecular flexibility index (Phi) is 9.47. The fourth-order valence-electron chi connectivity index (χ4n) is 1.13. The van der Waals surface area contributed by atoms with Gasteiger partial charge in [0, 0.05) is 16.8 Å². The molecule has 0 aliphatic rings. The average molecular weight is 353 g/mol. The van der Waals surface area contributed by atoms with Gasteiger partial charge in [-0.15, -0.1) is 11.6 Å². The molecule has 0 spiro atoms. The van der Waals surface area contributed by atoms with Gasteiger partial charge in [0.2, 0.25) is 0 Å². The molecule has 1 aromatic rings. The van der Waals surface area contributed by atoms with Gasteiger partial charge < -0.3 is 14.5 Å². The van der Waals surface area contributed by atoms with Crippen LogP contribution in [-0.4, -0.2) is 25.2 Å². The van der Waals surface area contributed by atoms with Crippen LogP contribution in [0.4, 0.5) is 0 Å². The fourth-order valence-corrected chi connectivity index (χ4v) is 2.83. The molecule has 1 aromatic carbocycles. The molecule has 11 heteroatoms. The number of aromatic hydroxyl groups is 1. The summed E-state index contributed by atoms with van der Waals surface area (Å²) in [5.74, 6) is -1.14. The number of hydrogen-bond donors (Lipinski definition) is 1. The Morgan fingerprint density at radius 2 is 2.10 bits per heavy atom. The molecule has 108 valence electrons. The van der Waals surface area contributed by atoms with Gasteiger partial charge in [-0.3, -0.25) is 5.04 Å². The Balaban J connectivity index is 0.00000361. The zero-order valence-electron chi connectivity index (χ0n) is 10.7.